The molecule has 0 bridgehead atoms. The highest BCUT2D eigenvalue weighted by Crippen LogP contribution is 2.43. The Balaban J connectivity index is 1.55. The molecule has 9 heteroatoms. The van der Waals surface area contributed by atoms with Gasteiger partial charge in [0.25, 0.3) is 5.91 Å². The molecule has 5 rings (SSSR count). The molecule has 1 heterocycles. The summed E-state index contributed by atoms with van der Waals surface area (Å²) in [7, 11) is 1.61. The second kappa shape index (κ2) is 14.2. The van der Waals surface area contributed by atoms with Gasteiger partial charge < -0.3 is 24.6 Å². The minimum atomic E-state index is -1.31. The van der Waals surface area contributed by atoms with E-state index in [9.17, 15) is 4.79 Å². The molecule has 0 aromatic heterocycles. The van der Waals surface area contributed by atoms with Gasteiger partial charge in [-0.1, -0.05) is 74.3 Å². The van der Waals surface area contributed by atoms with Gasteiger partial charge in [-0.25, -0.2) is 4.99 Å². The van der Waals surface area contributed by atoms with Crippen LogP contribution in [0.2, 0.25) is 0 Å². The van der Waals surface area contributed by atoms with Crippen molar-refractivity contribution in [1.82, 2.24) is 5.32 Å². The molecule has 4 aromatic rings. The topological polar surface area (TPSA) is 89.4 Å². The van der Waals surface area contributed by atoms with Crippen LogP contribution in [-0.4, -0.2) is 42.8 Å². The molecular weight excluding hydrogens is 676 g/mol. The molecule has 7 nitrogen and oxygen atoms in total. The molecule has 2 atom stereocenters. The van der Waals surface area contributed by atoms with Crippen LogP contribution in [0, 0.1) is 0 Å². The summed E-state index contributed by atoms with van der Waals surface area (Å²) in [4.78, 5) is 19.5. The van der Waals surface area contributed by atoms with Gasteiger partial charge in [0.05, 0.1) is 13.7 Å². The quantitative estimate of drug-likeness (QED) is 0.158. The average molecular weight is 708 g/mol. The molecule has 0 spiro atoms. The van der Waals surface area contributed by atoms with E-state index in [4.69, 9.17) is 24.3 Å². The molecule has 0 fully saturated rings. The first-order valence-corrected chi connectivity index (χ1v) is 15.5. The lowest BCUT2D eigenvalue weighted by Gasteiger charge is -2.31. The van der Waals surface area contributed by atoms with Gasteiger partial charge in [-0.05, 0) is 65.7 Å². The molecule has 1 amide bonds. The van der Waals surface area contributed by atoms with Crippen LogP contribution < -0.4 is 14.8 Å². The van der Waals surface area contributed by atoms with E-state index in [-0.39, 0.29) is 19.1 Å². The minimum Gasteiger partial charge on any atom is -0.496 e. The van der Waals surface area contributed by atoms with Crippen molar-refractivity contribution < 1.29 is 24.1 Å². The van der Waals surface area contributed by atoms with Gasteiger partial charge in [-0.2, -0.15) is 0 Å². The third kappa shape index (κ3) is 7.29. The highest BCUT2D eigenvalue weighted by atomic mass is 79.9. The lowest BCUT2D eigenvalue weighted by atomic mass is 9.82. The summed E-state index contributed by atoms with van der Waals surface area (Å²) in [5.41, 5.74) is 2.05. The molecule has 0 radical (unpaired) electrons. The van der Waals surface area contributed by atoms with Crippen LogP contribution in [0.4, 0.5) is 0 Å². The summed E-state index contributed by atoms with van der Waals surface area (Å²) in [5.74, 6) is 1.49. The van der Waals surface area contributed by atoms with E-state index in [0.717, 1.165) is 31.2 Å². The number of benzene rings is 4. The summed E-state index contributed by atoms with van der Waals surface area (Å²) in [6.07, 6.45) is 0.164. The summed E-state index contributed by atoms with van der Waals surface area (Å²) < 4.78 is 19.7. The molecule has 1 aliphatic heterocycles. The van der Waals surface area contributed by atoms with Crippen LogP contribution in [0.15, 0.2) is 111 Å². The molecule has 4 aromatic carbocycles. The van der Waals surface area contributed by atoms with E-state index in [1.54, 1.807) is 7.11 Å². The Hall–Kier alpha value is -3.66. The monoisotopic (exact) mass is 706 g/mol. The first-order valence-electron chi connectivity index (χ1n) is 13.9. The number of aliphatic imine (C=N–C) groups is 1. The van der Waals surface area contributed by atoms with Gasteiger partial charge in [0.1, 0.15) is 11.5 Å². The predicted molar refractivity (Wildman–Crippen MR) is 174 cm³/mol. The van der Waals surface area contributed by atoms with Gasteiger partial charge in [-0.3, -0.25) is 4.79 Å². The molecule has 0 saturated carbocycles. The average Bonchev–Trinajstić information content (AvgIpc) is 3.42. The van der Waals surface area contributed by atoms with Crippen molar-refractivity contribution in [1.29, 1.82) is 0 Å². The number of aliphatic hydroxyl groups is 1. The largest absolute Gasteiger partial charge is 0.496 e. The van der Waals surface area contributed by atoms with Gasteiger partial charge in [0.2, 0.25) is 5.90 Å². The standard InChI is InChI=1S/C34H32Br2N2O5/c1-41-30-6-3-2-5-26(30)22-37-33(40)34(21-23-7-13-27(35)14-8-23)31(24-9-15-28(36)16-10-24)43-32(38-34)25-11-17-29(18-12-25)42-20-4-19-39/h2-3,5-18,31,39H,4,19-22H2,1H3,(H,37,40)/t31-,34-/m1/s1. The number of carbonyl (C=O) groups excluding carboxylic acids is 1. The first-order chi connectivity index (χ1) is 20.9. The Bertz CT molecular complexity index is 1560. The van der Waals surface area contributed by atoms with E-state index < -0.39 is 11.6 Å². The van der Waals surface area contributed by atoms with E-state index in [1.807, 2.05) is 97.1 Å². The van der Waals surface area contributed by atoms with Crippen LogP contribution in [0.25, 0.3) is 0 Å². The van der Waals surface area contributed by atoms with E-state index in [0.29, 0.717) is 36.8 Å². The number of rotatable bonds is 12. The molecule has 0 aliphatic carbocycles. The molecule has 222 valence electrons. The summed E-state index contributed by atoms with van der Waals surface area (Å²) in [6, 6.07) is 30.7. The Morgan fingerprint density at radius 3 is 2.30 bits per heavy atom. The lowest BCUT2D eigenvalue weighted by molar-refractivity contribution is -0.129. The molecule has 1 aliphatic rings. The number of amides is 1. The maximum absolute atomic E-state index is 14.4. The van der Waals surface area contributed by atoms with Crippen LogP contribution in [0.5, 0.6) is 11.5 Å². The predicted octanol–water partition coefficient (Wildman–Crippen LogP) is 6.80. The second-order valence-corrected chi connectivity index (χ2v) is 12.0. The third-order valence-corrected chi connectivity index (χ3v) is 8.28. The van der Waals surface area contributed by atoms with Crippen molar-refractivity contribution in [3.63, 3.8) is 0 Å². The smallest absolute Gasteiger partial charge is 0.252 e. The zero-order chi connectivity index (χ0) is 30.2. The SMILES string of the molecule is COc1ccccc1CNC(=O)[C@]1(Cc2ccc(Br)cc2)N=C(c2ccc(OCCCO)cc2)O[C@@H]1c1ccc(Br)cc1. The maximum Gasteiger partial charge on any atom is 0.252 e. The molecule has 0 unspecified atom stereocenters. The number of aliphatic hydroxyl groups excluding tert-OH is 1. The molecule has 2 N–H and O–H groups in total. The Morgan fingerprint density at radius 1 is 0.953 bits per heavy atom. The van der Waals surface area contributed by atoms with E-state index >= 15 is 0 Å². The van der Waals surface area contributed by atoms with Gasteiger partial charge in [0, 0.05) is 46.1 Å². The maximum atomic E-state index is 14.4. The minimum absolute atomic E-state index is 0.0692. The highest BCUT2D eigenvalue weighted by molar-refractivity contribution is 9.10. The number of halogens is 2. The van der Waals surface area contributed by atoms with Crippen LogP contribution in [-0.2, 0) is 22.5 Å². The fourth-order valence-electron chi connectivity index (χ4n) is 5.01. The zero-order valence-electron chi connectivity index (χ0n) is 23.6. The van der Waals surface area contributed by atoms with Crippen LogP contribution in [0.3, 0.4) is 0 Å². The number of nitrogens with one attached hydrogen (secondary N) is 1. The van der Waals surface area contributed by atoms with Gasteiger partial charge in [0.15, 0.2) is 11.6 Å². The Morgan fingerprint density at radius 2 is 1.63 bits per heavy atom. The number of methoxy groups -OCH3 is 1. The van der Waals surface area contributed by atoms with Gasteiger partial charge >= 0.3 is 0 Å². The fraction of sp³-hybridized carbons (Fsp3) is 0.235. The van der Waals surface area contributed by atoms with Crippen molar-refractivity contribution in [2.75, 3.05) is 20.3 Å². The van der Waals surface area contributed by atoms with E-state index in [1.165, 1.54) is 0 Å². The zero-order valence-corrected chi connectivity index (χ0v) is 26.8. The summed E-state index contributed by atoms with van der Waals surface area (Å²) >= 11 is 7.04. The van der Waals surface area contributed by atoms with Crippen molar-refractivity contribution in [3.05, 3.63) is 128 Å². The second-order valence-electron chi connectivity index (χ2n) is 10.1. The van der Waals surface area contributed by atoms with Crippen LogP contribution in [0.1, 0.15) is 34.8 Å². The Labute approximate surface area is 268 Å². The molecule has 0 saturated heterocycles. The van der Waals surface area contributed by atoms with E-state index in [2.05, 4.69) is 37.2 Å². The molecular formula is C34H32Br2N2O5. The lowest BCUT2D eigenvalue weighted by Crippen LogP contribution is -2.49. The Kier molecular flexibility index (Phi) is 10.2. The first kappa shape index (κ1) is 30.8. The van der Waals surface area contributed by atoms with Gasteiger partial charge in [-0.15, -0.1) is 0 Å². The number of nitrogens with zero attached hydrogens (tertiary/aromatic N) is 1. The van der Waals surface area contributed by atoms with Crippen molar-refractivity contribution in [2.24, 2.45) is 4.99 Å². The number of hydrogen-bond acceptors (Lipinski definition) is 6. The number of para-hydroxylation sites is 1. The van der Waals surface area contributed by atoms with Crippen molar-refractivity contribution in [3.8, 4) is 11.5 Å². The van der Waals surface area contributed by atoms with Crippen LogP contribution >= 0.6 is 31.9 Å². The highest BCUT2D eigenvalue weighted by Gasteiger charge is 2.53. The summed E-state index contributed by atoms with van der Waals surface area (Å²) in [5, 5.41) is 12.2. The normalized spacial score (nSPS) is 17.6. The van der Waals surface area contributed by atoms with Crippen molar-refractivity contribution in [2.45, 2.75) is 31.0 Å². The fourth-order valence-corrected chi connectivity index (χ4v) is 5.54. The summed E-state index contributed by atoms with van der Waals surface area (Å²) in [6.45, 7) is 0.754. The molecule has 43 heavy (non-hydrogen) atoms. The van der Waals surface area contributed by atoms with Crippen molar-refractivity contribution >= 4 is 43.7 Å². The third-order valence-electron chi connectivity index (χ3n) is 7.22. The number of hydrogen-bond donors (Lipinski definition) is 2. The number of ether oxygens (including phenoxy) is 3. The number of carbonyl (C=O) groups is 1.